The Morgan fingerprint density at radius 1 is 1.02 bits per heavy atom. The van der Waals surface area contributed by atoms with Crippen molar-refractivity contribution in [3.63, 3.8) is 0 Å². The summed E-state index contributed by atoms with van der Waals surface area (Å²) in [5.41, 5.74) is 4.63. The van der Waals surface area contributed by atoms with Gasteiger partial charge in [0.25, 0.3) is 0 Å². The molecule has 2 heterocycles. The number of nitrogens with one attached hydrogen (secondary N) is 2. The van der Waals surface area contributed by atoms with E-state index in [1.165, 1.54) is 29.3 Å². The summed E-state index contributed by atoms with van der Waals surface area (Å²) in [4.78, 5) is 40.2. The molecule has 1 aromatic heterocycles. The molecule has 45 heavy (non-hydrogen) atoms. The number of benzene rings is 2. The number of aromatic nitrogens is 1. The molecule has 0 aliphatic carbocycles. The van der Waals surface area contributed by atoms with Crippen LogP contribution < -0.4 is 10.6 Å². The largest absolute Gasteiger partial charge is 0.453 e. The molecule has 244 valence electrons. The number of alkyl carbamates (subject to hydrolysis) is 1. The third-order valence-corrected chi connectivity index (χ3v) is 8.17. The molecule has 0 saturated carbocycles. The number of carbonyl (C=O) groups excluding carboxylic acids is 3. The Balaban J connectivity index is 1.51. The number of ether oxygens (including phenoxy) is 3. The Morgan fingerprint density at radius 3 is 2.44 bits per heavy atom. The number of hydrogen-bond donors (Lipinski definition) is 2. The molecule has 0 radical (unpaired) electrons. The van der Waals surface area contributed by atoms with Crippen LogP contribution in [0.25, 0.3) is 10.9 Å². The van der Waals surface area contributed by atoms with Crippen LogP contribution in [0.3, 0.4) is 0 Å². The van der Waals surface area contributed by atoms with Crippen molar-refractivity contribution in [2.75, 3.05) is 39.2 Å². The first-order valence-electron chi connectivity index (χ1n) is 15.8. The number of methoxy groups -OCH3 is 2. The van der Waals surface area contributed by atoms with Gasteiger partial charge in [-0.05, 0) is 82.7 Å². The molecule has 2 aromatic carbocycles. The Hall–Kier alpha value is -4.05. The van der Waals surface area contributed by atoms with Crippen molar-refractivity contribution in [2.24, 2.45) is 0 Å². The highest BCUT2D eigenvalue weighted by atomic mass is 16.6. The summed E-state index contributed by atoms with van der Waals surface area (Å²) in [5.74, 6) is 0.217. The number of anilines is 1. The predicted octanol–water partition coefficient (Wildman–Crippen LogP) is 6.40. The average molecular weight is 621 g/mol. The van der Waals surface area contributed by atoms with Gasteiger partial charge < -0.3 is 29.0 Å². The van der Waals surface area contributed by atoms with Gasteiger partial charge in [-0.15, -0.1) is 0 Å². The molecule has 1 aliphatic heterocycles. The van der Waals surface area contributed by atoms with Gasteiger partial charge in [-0.25, -0.2) is 9.59 Å². The first kappa shape index (κ1) is 33.8. The number of para-hydroxylation sites is 1. The molecule has 10 nitrogen and oxygen atoms in total. The van der Waals surface area contributed by atoms with Gasteiger partial charge in [0, 0.05) is 74.0 Å². The van der Waals surface area contributed by atoms with Crippen LogP contribution >= 0.6 is 0 Å². The van der Waals surface area contributed by atoms with Gasteiger partial charge in [0.2, 0.25) is 5.91 Å². The smallest absolute Gasteiger partial charge is 0.411 e. The van der Waals surface area contributed by atoms with Crippen LogP contribution in [0.1, 0.15) is 69.2 Å². The lowest BCUT2D eigenvalue weighted by Crippen LogP contribution is -2.46. The highest BCUT2D eigenvalue weighted by Crippen LogP contribution is 2.36. The maximum Gasteiger partial charge on any atom is 0.411 e. The SMILES string of the molecule is COCCCn1c(C2CCCN(C(=O)C[C@@H](Cc3ccc(NC(=O)OC)cc3)NC(=O)OC(C)(C)C)C2)c(C)c2ccccc21. The van der Waals surface area contributed by atoms with E-state index in [4.69, 9.17) is 9.47 Å². The van der Waals surface area contributed by atoms with Crippen molar-refractivity contribution in [1.29, 1.82) is 0 Å². The molecule has 3 amide bonds. The van der Waals surface area contributed by atoms with Crippen LogP contribution in [-0.2, 0) is 32.0 Å². The second kappa shape index (κ2) is 15.3. The van der Waals surface area contributed by atoms with Crippen LogP contribution in [0.2, 0.25) is 0 Å². The average Bonchev–Trinajstić information content (AvgIpc) is 3.28. The molecule has 2 N–H and O–H groups in total. The van der Waals surface area contributed by atoms with Gasteiger partial charge in [0.1, 0.15) is 5.60 Å². The van der Waals surface area contributed by atoms with Crippen LogP contribution in [0.4, 0.5) is 15.3 Å². The molecular formula is C35H48N4O6. The molecule has 0 bridgehead atoms. The van der Waals surface area contributed by atoms with E-state index in [-0.39, 0.29) is 18.2 Å². The highest BCUT2D eigenvalue weighted by Gasteiger charge is 2.31. The molecule has 1 saturated heterocycles. The van der Waals surface area contributed by atoms with E-state index in [0.29, 0.717) is 31.8 Å². The number of nitrogens with zero attached hydrogens (tertiary/aromatic N) is 2. The fourth-order valence-electron chi connectivity index (χ4n) is 6.22. The molecule has 2 atom stereocenters. The summed E-state index contributed by atoms with van der Waals surface area (Å²) < 4.78 is 18.0. The number of hydrogen-bond acceptors (Lipinski definition) is 6. The monoisotopic (exact) mass is 620 g/mol. The van der Waals surface area contributed by atoms with Crippen molar-refractivity contribution in [3.05, 3.63) is 65.4 Å². The van der Waals surface area contributed by atoms with Gasteiger partial charge in [-0.1, -0.05) is 30.3 Å². The Labute approximate surface area is 266 Å². The quantitative estimate of drug-likeness (QED) is 0.240. The van der Waals surface area contributed by atoms with Crippen LogP contribution in [-0.4, -0.2) is 73.1 Å². The standard InChI is InChI=1S/C35H48N4O6/c1-24-29-12-7-8-13-30(29)39(19-10-20-43-5)32(24)26-11-9-18-38(23-26)31(40)22-28(37-34(42)45-35(2,3)4)21-25-14-16-27(17-15-25)36-33(41)44-6/h7-8,12-17,26,28H,9-11,18-23H2,1-6H3,(H,36,41)(H,37,42)/t26?,28-/m1/s1. The highest BCUT2D eigenvalue weighted by molar-refractivity contribution is 5.86. The van der Waals surface area contributed by atoms with E-state index in [1.54, 1.807) is 19.2 Å². The number of piperidine rings is 1. The zero-order valence-corrected chi connectivity index (χ0v) is 27.5. The minimum Gasteiger partial charge on any atom is -0.453 e. The topological polar surface area (TPSA) is 111 Å². The lowest BCUT2D eigenvalue weighted by molar-refractivity contribution is -0.132. The number of likely N-dealkylation sites (tertiary alicyclic amines) is 1. The summed E-state index contributed by atoms with van der Waals surface area (Å²) in [7, 11) is 3.04. The van der Waals surface area contributed by atoms with E-state index in [0.717, 1.165) is 31.4 Å². The third kappa shape index (κ3) is 9.23. The van der Waals surface area contributed by atoms with Crippen molar-refractivity contribution in [1.82, 2.24) is 14.8 Å². The number of carbonyl (C=O) groups is 3. The molecule has 10 heteroatoms. The van der Waals surface area contributed by atoms with Crippen LogP contribution in [0, 0.1) is 6.92 Å². The van der Waals surface area contributed by atoms with Gasteiger partial charge in [-0.2, -0.15) is 0 Å². The normalized spacial score (nSPS) is 15.9. The zero-order valence-electron chi connectivity index (χ0n) is 27.5. The number of rotatable bonds is 11. The van der Waals surface area contributed by atoms with Crippen molar-refractivity contribution in [3.8, 4) is 0 Å². The van der Waals surface area contributed by atoms with Crippen LogP contribution in [0.15, 0.2) is 48.5 Å². The minimum atomic E-state index is -0.667. The third-order valence-electron chi connectivity index (χ3n) is 8.17. The fourth-order valence-corrected chi connectivity index (χ4v) is 6.22. The van der Waals surface area contributed by atoms with Crippen LogP contribution in [0.5, 0.6) is 0 Å². The van der Waals surface area contributed by atoms with E-state index in [1.807, 2.05) is 37.8 Å². The molecule has 0 spiro atoms. The van der Waals surface area contributed by atoms with Crippen molar-refractivity contribution >= 4 is 34.7 Å². The first-order chi connectivity index (χ1) is 21.5. The molecule has 1 fully saturated rings. The number of aryl methyl sites for hydroxylation is 2. The van der Waals surface area contributed by atoms with E-state index >= 15 is 0 Å². The second-order valence-corrected chi connectivity index (χ2v) is 12.8. The fraction of sp³-hybridized carbons (Fsp3) is 0.514. The zero-order chi connectivity index (χ0) is 32.6. The Morgan fingerprint density at radius 2 is 1.76 bits per heavy atom. The van der Waals surface area contributed by atoms with E-state index in [2.05, 4.69) is 51.1 Å². The minimum absolute atomic E-state index is 0.00411. The van der Waals surface area contributed by atoms with Gasteiger partial charge >= 0.3 is 12.2 Å². The Bertz CT molecular complexity index is 1460. The molecule has 4 rings (SSSR count). The van der Waals surface area contributed by atoms with Crippen molar-refractivity contribution in [2.45, 2.75) is 83.9 Å². The maximum atomic E-state index is 13.9. The summed E-state index contributed by atoms with van der Waals surface area (Å²) in [5, 5.41) is 6.83. The lowest BCUT2D eigenvalue weighted by atomic mass is 9.91. The van der Waals surface area contributed by atoms with Gasteiger partial charge in [-0.3, -0.25) is 10.1 Å². The molecule has 1 unspecified atom stereocenters. The number of fused-ring (bicyclic) bond motifs is 1. The summed E-state index contributed by atoms with van der Waals surface area (Å²) in [6, 6.07) is 15.3. The summed E-state index contributed by atoms with van der Waals surface area (Å²) >= 11 is 0. The Kier molecular flexibility index (Phi) is 11.5. The lowest BCUT2D eigenvalue weighted by Gasteiger charge is -2.35. The van der Waals surface area contributed by atoms with Gasteiger partial charge in [0.15, 0.2) is 0 Å². The van der Waals surface area contributed by atoms with E-state index < -0.39 is 23.8 Å². The number of amides is 3. The van der Waals surface area contributed by atoms with Crippen molar-refractivity contribution < 1.29 is 28.6 Å². The summed E-state index contributed by atoms with van der Waals surface area (Å²) in [6.07, 6.45) is 2.29. The second-order valence-electron chi connectivity index (χ2n) is 12.8. The molecule has 3 aromatic rings. The van der Waals surface area contributed by atoms with E-state index in [9.17, 15) is 14.4 Å². The molecular weight excluding hydrogens is 572 g/mol. The maximum absolute atomic E-state index is 13.9. The predicted molar refractivity (Wildman–Crippen MR) is 176 cm³/mol. The summed E-state index contributed by atoms with van der Waals surface area (Å²) in [6.45, 7) is 10.5. The molecule has 1 aliphatic rings. The van der Waals surface area contributed by atoms with Gasteiger partial charge in [0.05, 0.1) is 7.11 Å². The first-order valence-corrected chi connectivity index (χ1v) is 15.8.